The van der Waals surface area contributed by atoms with Crippen molar-refractivity contribution in [2.45, 2.75) is 37.8 Å². The molecule has 1 rings (SSSR count). The minimum absolute atomic E-state index is 0.00336. The molecule has 17 heavy (non-hydrogen) atoms. The molecule has 0 aromatic carbocycles. The van der Waals surface area contributed by atoms with Crippen LogP contribution in [0.1, 0.15) is 25.7 Å². The highest BCUT2D eigenvalue weighted by molar-refractivity contribution is 5.82. The van der Waals surface area contributed by atoms with E-state index in [-0.39, 0.29) is 24.0 Å². The number of ether oxygens (including phenoxy) is 1. The van der Waals surface area contributed by atoms with E-state index in [0.29, 0.717) is 25.8 Å². The average Bonchev–Trinajstić information content (AvgIpc) is 2.76. The van der Waals surface area contributed by atoms with E-state index in [9.17, 15) is 9.59 Å². The van der Waals surface area contributed by atoms with Crippen LogP contribution in [0.2, 0.25) is 0 Å². The molecular weight excluding hydrogens is 222 g/mol. The van der Waals surface area contributed by atoms with Crippen LogP contribution in [0.4, 0.5) is 0 Å². The Kier molecular flexibility index (Phi) is 5.93. The van der Waals surface area contributed by atoms with Gasteiger partial charge in [0.1, 0.15) is 0 Å². The van der Waals surface area contributed by atoms with Gasteiger partial charge in [0.2, 0.25) is 11.8 Å². The number of nitrogens with one attached hydrogen (secondary N) is 2. The van der Waals surface area contributed by atoms with Crippen LogP contribution < -0.4 is 16.4 Å². The molecule has 0 aromatic heterocycles. The summed E-state index contributed by atoms with van der Waals surface area (Å²) in [6.45, 7) is 1.30. The number of nitrogens with two attached hydrogens (primary N) is 1. The van der Waals surface area contributed by atoms with Crippen molar-refractivity contribution in [1.82, 2.24) is 10.6 Å². The lowest BCUT2D eigenvalue weighted by atomic mass is 10.2. The Balaban J connectivity index is 2.07. The summed E-state index contributed by atoms with van der Waals surface area (Å²) < 4.78 is 5.17. The van der Waals surface area contributed by atoms with Crippen molar-refractivity contribution in [3.8, 4) is 0 Å². The maximum Gasteiger partial charge on any atom is 0.237 e. The fourth-order valence-corrected chi connectivity index (χ4v) is 1.84. The molecule has 4 N–H and O–H groups in total. The lowest BCUT2D eigenvalue weighted by Gasteiger charge is -2.10. The molecule has 6 nitrogen and oxygen atoms in total. The Morgan fingerprint density at radius 2 is 2.24 bits per heavy atom. The van der Waals surface area contributed by atoms with Crippen molar-refractivity contribution in [2.24, 2.45) is 5.73 Å². The second-order valence-electron chi connectivity index (χ2n) is 4.27. The molecule has 1 saturated heterocycles. The summed E-state index contributed by atoms with van der Waals surface area (Å²) in [6, 6.07) is -0.156. The minimum atomic E-state index is -0.295. The van der Waals surface area contributed by atoms with E-state index in [2.05, 4.69) is 10.6 Å². The summed E-state index contributed by atoms with van der Waals surface area (Å²) in [4.78, 5) is 22.2. The molecule has 6 heteroatoms. The molecule has 2 amide bonds. The van der Waals surface area contributed by atoms with Crippen LogP contribution >= 0.6 is 0 Å². The number of primary amides is 1. The van der Waals surface area contributed by atoms with Gasteiger partial charge in [0.05, 0.1) is 12.1 Å². The molecule has 1 heterocycles. The van der Waals surface area contributed by atoms with Crippen molar-refractivity contribution < 1.29 is 14.3 Å². The Labute approximate surface area is 101 Å². The van der Waals surface area contributed by atoms with Gasteiger partial charge in [-0.1, -0.05) is 0 Å². The first kappa shape index (κ1) is 13.9. The number of rotatable bonds is 7. The fourth-order valence-electron chi connectivity index (χ4n) is 1.84. The zero-order valence-electron chi connectivity index (χ0n) is 10.2. The molecular formula is C11H21N3O3. The molecule has 0 spiro atoms. The predicted molar refractivity (Wildman–Crippen MR) is 63.3 cm³/mol. The highest BCUT2D eigenvalue weighted by atomic mass is 16.5. The SMILES string of the molecule is COC1CNC(C(=O)NCCCCC(N)=O)C1. The number of carbonyl (C=O) groups is 2. The van der Waals surface area contributed by atoms with Crippen LogP contribution in [0.5, 0.6) is 0 Å². The maximum atomic E-state index is 11.7. The van der Waals surface area contributed by atoms with Crippen LogP contribution in [-0.2, 0) is 14.3 Å². The van der Waals surface area contributed by atoms with Gasteiger partial charge in [0, 0.05) is 26.6 Å². The molecule has 98 valence electrons. The zero-order chi connectivity index (χ0) is 12.7. The second kappa shape index (κ2) is 7.24. The second-order valence-corrected chi connectivity index (χ2v) is 4.27. The zero-order valence-corrected chi connectivity index (χ0v) is 10.2. The maximum absolute atomic E-state index is 11.7. The van der Waals surface area contributed by atoms with Gasteiger partial charge in [0.25, 0.3) is 0 Å². The molecule has 0 radical (unpaired) electrons. The third kappa shape index (κ3) is 5.14. The summed E-state index contributed by atoms with van der Waals surface area (Å²) in [7, 11) is 1.65. The van der Waals surface area contributed by atoms with Crippen molar-refractivity contribution in [3.63, 3.8) is 0 Å². The van der Waals surface area contributed by atoms with Gasteiger partial charge >= 0.3 is 0 Å². The number of amides is 2. The molecule has 1 fully saturated rings. The molecule has 0 aromatic rings. The van der Waals surface area contributed by atoms with Gasteiger partial charge in [-0.05, 0) is 19.3 Å². The van der Waals surface area contributed by atoms with Crippen molar-refractivity contribution in [2.75, 3.05) is 20.2 Å². The number of hydrogen-bond donors (Lipinski definition) is 3. The molecule has 1 aliphatic rings. The van der Waals surface area contributed by atoms with E-state index >= 15 is 0 Å². The summed E-state index contributed by atoms with van der Waals surface area (Å²) in [5, 5.41) is 5.94. The first-order valence-electron chi connectivity index (χ1n) is 5.95. The Hall–Kier alpha value is -1.14. The minimum Gasteiger partial charge on any atom is -0.380 e. The Morgan fingerprint density at radius 1 is 1.47 bits per heavy atom. The normalized spacial score (nSPS) is 23.6. The molecule has 0 aliphatic carbocycles. The first-order valence-corrected chi connectivity index (χ1v) is 5.95. The predicted octanol–water partition coefficient (Wildman–Crippen LogP) is -0.865. The summed E-state index contributed by atoms with van der Waals surface area (Å²) in [5.41, 5.74) is 5.01. The quantitative estimate of drug-likeness (QED) is 0.507. The van der Waals surface area contributed by atoms with Gasteiger partial charge in [-0.3, -0.25) is 9.59 Å². The van der Waals surface area contributed by atoms with Crippen molar-refractivity contribution in [3.05, 3.63) is 0 Å². The van der Waals surface area contributed by atoms with Crippen LogP contribution in [0.25, 0.3) is 0 Å². The third-order valence-corrected chi connectivity index (χ3v) is 2.89. The molecule has 1 aliphatic heterocycles. The number of unbranched alkanes of at least 4 members (excludes halogenated alkanes) is 1. The van der Waals surface area contributed by atoms with Crippen LogP contribution in [0, 0.1) is 0 Å². The molecule has 0 saturated carbocycles. The van der Waals surface area contributed by atoms with E-state index < -0.39 is 0 Å². The highest BCUT2D eigenvalue weighted by Crippen LogP contribution is 2.09. The monoisotopic (exact) mass is 243 g/mol. The van der Waals surface area contributed by atoms with Gasteiger partial charge in [-0.25, -0.2) is 0 Å². The summed E-state index contributed by atoms with van der Waals surface area (Å²) in [5.74, 6) is -0.291. The van der Waals surface area contributed by atoms with Crippen molar-refractivity contribution in [1.29, 1.82) is 0 Å². The smallest absolute Gasteiger partial charge is 0.237 e. The summed E-state index contributed by atoms with van der Waals surface area (Å²) in [6.07, 6.45) is 2.71. The number of carbonyl (C=O) groups excluding carboxylic acids is 2. The topological polar surface area (TPSA) is 93.4 Å². The van der Waals surface area contributed by atoms with E-state index in [1.807, 2.05) is 0 Å². The standard InChI is InChI=1S/C11H21N3O3/c1-17-8-6-9(14-7-8)11(16)13-5-3-2-4-10(12)15/h8-9,14H,2-7H2,1H3,(H2,12,15)(H,13,16). The van der Waals surface area contributed by atoms with Gasteiger partial charge in [-0.15, -0.1) is 0 Å². The molecule has 2 atom stereocenters. The lowest BCUT2D eigenvalue weighted by Crippen LogP contribution is -2.40. The van der Waals surface area contributed by atoms with Gasteiger partial charge in [0.15, 0.2) is 0 Å². The largest absolute Gasteiger partial charge is 0.380 e. The van der Waals surface area contributed by atoms with Crippen LogP contribution in [0.15, 0.2) is 0 Å². The highest BCUT2D eigenvalue weighted by Gasteiger charge is 2.28. The van der Waals surface area contributed by atoms with E-state index in [4.69, 9.17) is 10.5 Å². The van der Waals surface area contributed by atoms with Crippen molar-refractivity contribution >= 4 is 11.8 Å². The summed E-state index contributed by atoms with van der Waals surface area (Å²) >= 11 is 0. The number of methoxy groups -OCH3 is 1. The van der Waals surface area contributed by atoms with E-state index in [1.54, 1.807) is 7.11 Å². The molecule has 2 unspecified atom stereocenters. The van der Waals surface area contributed by atoms with E-state index in [0.717, 1.165) is 13.0 Å². The van der Waals surface area contributed by atoms with Gasteiger partial charge in [-0.2, -0.15) is 0 Å². The lowest BCUT2D eigenvalue weighted by molar-refractivity contribution is -0.123. The first-order chi connectivity index (χ1) is 8.13. The van der Waals surface area contributed by atoms with Gasteiger partial charge < -0.3 is 21.1 Å². The van der Waals surface area contributed by atoms with Crippen LogP contribution in [-0.4, -0.2) is 44.2 Å². The Morgan fingerprint density at radius 3 is 2.82 bits per heavy atom. The van der Waals surface area contributed by atoms with Crippen LogP contribution in [0.3, 0.4) is 0 Å². The third-order valence-electron chi connectivity index (χ3n) is 2.89. The average molecular weight is 243 g/mol. The number of hydrogen-bond acceptors (Lipinski definition) is 4. The molecule has 0 bridgehead atoms. The van der Waals surface area contributed by atoms with E-state index in [1.165, 1.54) is 0 Å². The fraction of sp³-hybridized carbons (Fsp3) is 0.818. The Bertz CT molecular complexity index is 271.